The van der Waals surface area contributed by atoms with E-state index in [0.717, 1.165) is 6.20 Å². The highest BCUT2D eigenvalue weighted by Gasteiger charge is 2.30. The normalized spacial score (nSPS) is 13.1. The number of H-pyrrole nitrogens is 1. The molecule has 1 aromatic heterocycles. The summed E-state index contributed by atoms with van der Waals surface area (Å²) in [6.45, 7) is -0.199. The maximum absolute atomic E-state index is 11.8. The second-order valence-electron chi connectivity index (χ2n) is 2.80. The molecule has 0 bridgehead atoms. The number of aromatic nitrogens is 2. The van der Waals surface area contributed by atoms with E-state index in [1.807, 2.05) is 0 Å². The molecule has 0 saturated carbocycles. The van der Waals surface area contributed by atoms with Crippen LogP contribution in [0.4, 0.5) is 13.2 Å². The lowest BCUT2D eigenvalue weighted by Crippen LogP contribution is -2.33. The highest BCUT2D eigenvalue weighted by atomic mass is 32.2. The molecule has 0 aliphatic carbocycles. The van der Waals surface area contributed by atoms with Gasteiger partial charge in [-0.2, -0.15) is 18.3 Å². The van der Waals surface area contributed by atoms with Crippen LogP contribution in [-0.2, 0) is 10.0 Å². The van der Waals surface area contributed by atoms with Crippen LogP contribution >= 0.6 is 0 Å². The summed E-state index contributed by atoms with van der Waals surface area (Å²) in [6.07, 6.45) is -3.63. The number of rotatable bonds is 3. The van der Waals surface area contributed by atoms with Gasteiger partial charge in [0.2, 0.25) is 10.0 Å². The van der Waals surface area contributed by atoms with Crippen LogP contribution < -0.4 is 4.72 Å². The maximum Gasteiger partial charge on any atom is 0.402 e. The zero-order valence-electron chi connectivity index (χ0n) is 7.59. The minimum absolute atomic E-state index is 0.185. The van der Waals surface area contributed by atoms with Gasteiger partial charge in [0.1, 0.15) is 11.4 Å². The molecule has 0 aliphatic heterocycles. The van der Waals surface area contributed by atoms with Crippen LogP contribution in [0.1, 0.15) is 5.69 Å². The van der Waals surface area contributed by atoms with Crippen molar-refractivity contribution < 1.29 is 21.6 Å². The lowest BCUT2D eigenvalue weighted by atomic mass is 10.5. The molecule has 5 nitrogen and oxygen atoms in total. The number of hydrogen-bond acceptors (Lipinski definition) is 3. The third-order valence-electron chi connectivity index (χ3n) is 1.54. The van der Waals surface area contributed by atoms with E-state index >= 15 is 0 Å². The van der Waals surface area contributed by atoms with Gasteiger partial charge in [-0.15, -0.1) is 0 Å². The largest absolute Gasteiger partial charge is 0.402 e. The van der Waals surface area contributed by atoms with E-state index in [-0.39, 0.29) is 10.6 Å². The average Bonchev–Trinajstić information content (AvgIpc) is 2.47. The molecule has 2 N–H and O–H groups in total. The molecule has 0 aromatic carbocycles. The molecule has 86 valence electrons. The summed E-state index contributed by atoms with van der Waals surface area (Å²) in [5.41, 5.74) is 0.185. The van der Waals surface area contributed by atoms with Crippen molar-refractivity contribution in [2.24, 2.45) is 0 Å². The van der Waals surface area contributed by atoms with Crippen LogP contribution in [0.5, 0.6) is 0 Å². The number of alkyl halides is 3. The van der Waals surface area contributed by atoms with Gasteiger partial charge in [0.05, 0.1) is 11.9 Å². The second kappa shape index (κ2) is 3.81. The van der Waals surface area contributed by atoms with Crippen LogP contribution in [-0.4, -0.2) is 31.3 Å². The predicted molar refractivity (Wildman–Crippen MR) is 44.6 cm³/mol. The lowest BCUT2D eigenvalue weighted by molar-refractivity contribution is -0.121. The Hall–Kier alpha value is -1.09. The van der Waals surface area contributed by atoms with E-state index in [2.05, 4.69) is 10.2 Å². The van der Waals surface area contributed by atoms with E-state index in [9.17, 15) is 21.6 Å². The van der Waals surface area contributed by atoms with E-state index in [0.29, 0.717) is 0 Å². The Labute approximate surface area is 83.7 Å². The molecule has 0 atom stereocenters. The highest BCUT2D eigenvalue weighted by Crippen LogP contribution is 2.15. The summed E-state index contributed by atoms with van der Waals surface area (Å²) in [6, 6.07) is 0. The monoisotopic (exact) mass is 243 g/mol. The Morgan fingerprint density at radius 3 is 2.53 bits per heavy atom. The van der Waals surface area contributed by atoms with Crippen LogP contribution in [0.2, 0.25) is 0 Å². The number of nitrogens with one attached hydrogen (secondary N) is 2. The van der Waals surface area contributed by atoms with Gasteiger partial charge in [-0.25, -0.2) is 13.1 Å². The van der Waals surface area contributed by atoms with Gasteiger partial charge >= 0.3 is 6.18 Å². The molecule has 0 amide bonds. The summed E-state index contributed by atoms with van der Waals surface area (Å²) in [5.74, 6) is 0. The first kappa shape index (κ1) is 12.0. The quantitative estimate of drug-likeness (QED) is 0.814. The summed E-state index contributed by atoms with van der Waals surface area (Å²) in [4.78, 5) is -0.285. The topological polar surface area (TPSA) is 74.8 Å². The van der Waals surface area contributed by atoms with Crippen LogP contribution in [0.3, 0.4) is 0 Å². The summed E-state index contributed by atoms with van der Waals surface area (Å²) < 4.78 is 59.3. The van der Waals surface area contributed by atoms with Gasteiger partial charge in [0.15, 0.2) is 0 Å². The molecule has 1 heterocycles. The molecule has 0 radical (unpaired) electrons. The Morgan fingerprint density at radius 2 is 2.13 bits per heavy atom. The minimum atomic E-state index is -4.58. The molecule has 0 fully saturated rings. The van der Waals surface area contributed by atoms with E-state index < -0.39 is 22.7 Å². The molecule has 1 aromatic rings. The Morgan fingerprint density at radius 1 is 1.53 bits per heavy atom. The van der Waals surface area contributed by atoms with Crippen molar-refractivity contribution in [2.75, 3.05) is 6.54 Å². The molecule has 0 unspecified atom stereocenters. The summed E-state index contributed by atoms with van der Waals surface area (Å²) in [7, 11) is -4.14. The van der Waals surface area contributed by atoms with E-state index in [1.54, 1.807) is 0 Å². The second-order valence-corrected chi connectivity index (χ2v) is 4.53. The van der Waals surface area contributed by atoms with Crippen molar-refractivity contribution in [2.45, 2.75) is 18.0 Å². The van der Waals surface area contributed by atoms with Crippen molar-refractivity contribution in [3.8, 4) is 0 Å². The van der Waals surface area contributed by atoms with E-state index in [1.165, 1.54) is 11.6 Å². The lowest BCUT2D eigenvalue weighted by Gasteiger charge is -2.08. The van der Waals surface area contributed by atoms with Crippen molar-refractivity contribution in [1.82, 2.24) is 14.9 Å². The van der Waals surface area contributed by atoms with Crippen LogP contribution in [0.25, 0.3) is 0 Å². The van der Waals surface area contributed by atoms with Crippen molar-refractivity contribution in [3.05, 3.63) is 11.9 Å². The van der Waals surface area contributed by atoms with Gasteiger partial charge in [0.25, 0.3) is 0 Å². The van der Waals surface area contributed by atoms with Crippen LogP contribution in [0, 0.1) is 6.92 Å². The first-order valence-electron chi connectivity index (χ1n) is 3.79. The van der Waals surface area contributed by atoms with Crippen molar-refractivity contribution >= 4 is 10.0 Å². The number of halogens is 3. The standard InChI is InChI=1S/C6H8F3N3O2S/c1-4-5(2-10-12-4)15(13,14)11-3-6(7,8)9/h2,11H,3H2,1H3,(H,10,12). The minimum Gasteiger partial charge on any atom is -0.281 e. The first-order valence-corrected chi connectivity index (χ1v) is 5.27. The number of aryl methyl sites for hydroxylation is 1. The molecular formula is C6H8F3N3O2S. The van der Waals surface area contributed by atoms with Gasteiger partial charge < -0.3 is 0 Å². The first-order chi connectivity index (χ1) is 6.72. The third kappa shape index (κ3) is 3.20. The summed E-state index contributed by atoms with van der Waals surface area (Å²) >= 11 is 0. The molecule has 0 aliphatic rings. The van der Waals surface area contributed by atoms with Gasteiger partial charge in [-0.3, -0.25) is 5.10 Å². The molecular weight excluding hydrogens is 235 g/mol. The van der Waals surface area contributed by atoms with E-state index in [4.69, 9.17) is 0 Å². The highest BCUT2D eigenvalue weighted by molar-refractivity contribution is 7.89. The van der Waals surface area contributed by atoms with Gasteiger partial charge in [-0.05, 0) is 6.92 Å². The fourth-order valence-corrected chi connectivity index (χ4v) is 2.01. The Bertz CT molecular complexity index is 437. The SMILES string of the molecule is Cc1[nH]ncc1S(=O)(=O)NCC(F)(F)F. The molecule has 15 heavy (non-hydrogen) atoms. The number of aromatic amines is 1. The molecule has 0 saturated heterocycles. The number of nitrogens with zero attached hydrogens (tertiary/aromatic N) is 1. The smallest absolute Gasteiger partial charge is 0.281 e. The van der Waals surface area contributed by atoms with Crippen molar-refractivity contribution in [1.29, 1.82) is 0 Å². The molecule has 1 rings (SSSR count). The molecule has 9 heteroatoms. The zero-order chi connectivity index (χ0) is 11.7. The molecule has 0 spiro atoms. The Balaban J connectivity index is 2.82. The van der Waals surface area contributed by atoms with Crippen LogP contribution in [0.15, 0.2) is 11.1 Å². The summed E-state index contributed by atoms with van der Waals surface area (Å²) in [5, 5.41) is 5.73. The van der Waals surface area contributed by atoms with Gasteiger partial charge in [0, 0.05) is 0 Å². The number of sulfonamides is 1. The zero-order valence-corrected chi connectivity index (χ0v) is 8.41. The Kier molecular flexibility index (Phi) is 3.05. The van der Waals surface area contributed by atoms with Crippen molar-refractivity contribution in [3.63, 3.8) is 0 Å². The number of hydrogen-bond donors (Lipinski definition) is 2. The van der Waals surface area contributed by atoms with Gasteiger partial charge in [-0.1, -0.05) is 0 Å². The average molecular weight is 243 g/mol. The fourth-order valence-electron chi connectivity index (χ4n) is 0.865. The maximum atomic E-state index is 11.8. The predicted octanol–water partition coefficient (Wildman–Crippen LogP) is 0.559. The fraction of sp³-hybridized carbons (Fsp3) is 0.500. The third-order valence-corrected chi connectivity index (χ3v) is 3.05.